The molecule has 0 bridgehead atoms. The highest BCUT2D eigenvalue weighted by Crippen LogP contribution is 2.41. The number of nitrogens with zero attached hydrogens (tertiary/aromatic N) is 3. The van der Waals surface area contributed by atoms with Crippen LogP contribution in [0.15, 0.2) is 35.7 Å². The summed E-state index contributed by atoms with van der Waals surface area (Å²) in [5, 5.41) is 5.44. The number of nitrogens with one attached hydrogen (secondary N) is 1. The second-order valence-corrected chi connectivity index (χ2v) is 16.5. The Bertz CT molecular complexity index is 1420. The molecular formula is C40H60N4O5S. The molecule has 2 fully saturated rings. The summed E-state index contributed by atoms with van der Waals surface area (Å²) < 4.78 is 5.83. The fourth-order valence-corrected chi connectivity index (χ4v) is 8.45. The average molecular weight is 709 g/mol. The first-order valence-corrected chi connectivity index (χ1v) is 19.7. The number of amides is 2. The lowest BCUT2D eigenvalue weighted by molar-refractivity contribution is -0.149. The zero-order chi connectivity index (χ0) is 36.5. The molecule has 2 amide bonds. The summed E-state index contributed by atoms with van der Waals surface area (Å²) in [5.74, 6) is -0.207. The van der Waals surface area contributed by atoms with Gasteiger partial charge in [0.05, 0.1) is 6.04 Å². The molecule has 10 heteroatoms. The Morgan fingerprint density at radius 1 is 1.00 bits per heavy atom. The van der Waals surface area contributed by atoms with Crippen molar-refractivity contribution in [3.05, 3.63) is 52.0 Å². The van der Waals surface area contributed by atoms with Crippen LogP contribution in [-0.2, 0) is 25.5 Å². The number of likely N-dealkylation sites (tertiary alicyclic amines) is 1. The number of aromatic nitrogens is 1. The van der Waals surface area contributed by atoms with Gasteiger partial charge in [-0.3, -0.25) is 24.1 Å². The molecule has 1 aliphatic carbocycles. The molecule has 2 aromatic rings. The van der Waals surface area contributed by atoms with E-state index in [0.717, 1.165) is 57.1 Å². The van der Waals surface area contributed by atoms with E-state index in [1.54, 1.807) is 10.3 Å². The minimum atomic E-state index is -0.722. The highest BCUT2D eigenvalue weighted by atomic mass is 32.1. The van der Waals surface area contributed by atoms with Gasteiger partial charge >= 0.3 is 5.97 Å². The topological polar surface area (TPSA) is 109 Å². The minimum Gasteiger partial charge on any atom is -0.455 e. The van der Waals surface area contributed by atoms with Crippen LogP contribution in [0.3, 0.4) is 0 Å². The van der Waals surface area contributed by atoms with Crippen LogP contribution in [-0.4, -0.2) is 76.1 Å². The van der Waals surface area contributed by atoms with Crippen LogP contribution < -0.4 is 5.32 Å². The molecule has 1 saturated heterocycles. The summed E-state index contributed by atoms with van der Waals surface area (Å²) in [7, 11) is 1.82. The molecule has 1 aliphatic heterocycles. The smallest absolute Gasteiger partial charge is 0.303 e. The summed E-state index contributed by atoms with van der Waals surface area (Å²) >= 11 is 1.29. The lowest BCUT2D eigenvalue weighted by Gasteiger charge is -2.39. The number of hydrogen-bond donors (Lipinski definition) is 1. The summed E-state index contributed by atoms with van der Waals surface area (Å²) in [6.07, 6.45) is 6.37. The van der Waals surface area contributed by atoms with E-state index in [-0.39, 0.29) is 59.9 Å². The molecule has 5 atom stereocenters. The van der Waals surface area contributed by atoms with Crippen molar-refractivity contribution in [3.8, 4) is 0 Å². The van der Waals surface area contributed by atoms with Gasteiger partial charge in [-0.15, -0.1) is 11.3 Å². The number of hydrogen-bond acceptors (Lipinski definition) is 8. The van der Waals surface area contributed by atoms with Crippen molar-refractivity contribution < 1.29 is 23.9 Å². The highest BCUT2D eigenvalue weighted by molar-refractivity contribution is 7.09. The lowest BCUT2D eigenvalue weighted by atomic mass is 9.87. The molecule has 0 unspecified atom stereocenters. The van der Waals surface area contributed by atoms with Crippen LogP contribution in [0.2, 0.25) is 0 Å². The normalized spacial score (nSPS) is 19.2. The van der Waals surface area contributed by atoms with Gasteiger partial charge in [0, 0.05) is 56.2 Å². The zero-order valence-corrected chi connectivity index (χ0v) is 32.3. The van der Waals surface area contributed by atoms with Gasteiger partial charge < -0.3 is 15.0 Å². The van der Waals surface area contributed by atoms with Crippen LogP contribution in [0, 0.1) is 23.7 Å². The number of rotatable bonds is 18. The molecule has 1 saturated carbocycles. The predicted octanol–water partition coefficient (Wildman–Crippen LogP) is 7.26. The van der Waals surface area contributed by atoms with Gasteiger partial charge in [0.15, 0.2) is 11.9 Å². The number of benzene rings is 1. The monoisotopic (exact) mass is 708 g/mol. The van der Waals surface area contributed by atoms with Gasteiger partial charge in [0.1, 0.15) is 10.7 Å². The molecule has 1 aromatic carbocycles. The Morgan fingerprint density at radius 3 is 2.30 bits per heavy atom. The van der Waals surface area contributed by atoms with Crippen molar-refractivity contribution in [1.82, 2.24) is 20.1 Å². The molecule has 0 spiro atoms. The Morgan fingerprint density at radius 2 is 1.70 bits per heavy atom. The first-order chi connectivity index (χ1) is 23.7. The standard InChI is InChI=1S/C40H60N4O5S/c1-25(2)20-31(21-29-14-10-9-11-15-29)41-38(47)33-24-50-39(42-33)37(49-28(7)45)23-35(26(3)4)43(8)40(48)32(30-17-18-30)22-36(46)34-16-12-13-19-44(34)27(5)6/h9-11,14-15,24-27,30-32,34-35,37H,12-13,16-23H2,1-8H3,(H,41,47)/t31-,32+,34-,35-,37-/m1/s1. The second-order valence-electron chi connectivity index (χ2n) is 15.6. The first kappa shape index (κ1) is 39.7. The van der Waals surface area contributed by atoms with Crippen molar-refractivity contribution in [2.45, 2.75) is 137 Å². The average Bonchev–Trinajstić information content (AvgIpc) is 3.79. The van der Waals surface area contributed by atoms with Gasteiger partial charge in [-0.1, -0.05) is 64.4 Å². The molecule has 0 radical (unpaired) electrons. The SMILES string of the molecule is CC(=O)O[C@H](C[C@H](C(C)C)N(C)C(=O)[C@@H](CC(=O)[C@H]1CCCCN1C(C)C)C1CC1)c1nc(C(=O)N[C@@H](Cc2ccccc2)CC(C)C)cs1. The van der Waals surface area contributed by atoms with Crippen molar-refractivity contribution in [1.29, 1.82) is 0 Å². The highest BCUT2D eigenvalue weighted by Gasteiger charge is 2.43. The van der Waals surface area contributed by atoms with E-state index in [4.69, 9.17) is 4.74 Å². The fourth-order valence-electron chi connectivity index (χ4n) is 7.61. The van der Waals surface area contributed by atoms with E-state index in [1.807, 2.05) is 25.2 Å². The van der Waals surface area contributed by atoms with Gasteiger partial charge in [-0.25, -0.2) is 4.98 Å². The molecule has 2 aliphatic rings. The van der Waals surface area contributed by atoms with Gasteiger partial charge in [0.2, 0.25) is 5.91 Å². The van der Waals surface area contributed by atoms with E-state index in [1.165, 1.54) is 18.3 Å². The van der Waals surface area contributed by atoms with Crippen molar-refractivity contribution in [2.75, 3.05) is 13.6 Å². The second kappa shape index (κ2) is 18.4. The van der Waals surface area contributed by atoms with E-state index < -0.39 is 12.1 Å². The molecule has 1 N–H and O–H groups in total. The van der Waals surface area contributed by atoms with E-state index in [0.29, 0.717) is 29.1 Å². The number of Topliss-reactive ketones (excluding diaryl/α,β-unsaturated/α-hetero) is 1. The van der Waals surface area contributed by atoms with Crippen molar-refractivity contribution >= 4 is 34.9 Å². The summed E-state index contributed by atoms with van der Waals surface area (Å²) in [6, 6.07) is 9.98. The fraction of sp³-hybridized carbons (Fsp3) is 0.675. The number of ketones is 1. The Balaban J connectivity index is 1.48. The van der Waals surface area contributed by atoms with Crippen molar-refractivity contribution in [3.63, 3.8) is 0 Å². The molecule has 276 valence electrons. The number of ether oxygens (including phenoxy) is 1. The summed E-state index contributed by atoms with van der Waals surface area (Å²) in [5.41, 5.74) is 1.45. The van der Waals surface area contributed by atoms with Gasteiger partial charge in [-0.05, 0) is 82.2 Å². The van der Waals surface area contributed by atoms with E-state index in [2.05, 4.69) is 68.9 Å². The maximum atomic E-state index is 14.2. The maximum Gasteiger partial charge on any atom is 0.303 e. The molecule has 4 rings (SSSR count). The first-order valence-electron chi connectivity index (χ1n) is 18.8. The summed E-state index contributed by atoms with van der Waals surface area (Å²) in [6.45, 7) is 15.0. The Hall–Kier alpha value is -3.11. The van der Waals surface area contributed by atoms with Gasteiger partial charge in [0.25, 0.3) is 5.91 Å². The largest absolute Gasteiger partial charge is 0.455 e. The maximum absolute atomic E-state index is 14.2. The van der Waals surface area contributed by atoms with Crippen LogP contribution in [0.5, 0.6) is 0 Å². The molecule has 50 heavy (non-hydrogen) atoms. The molecule has 2 heterocycles. The van der Waals surface area contributed by atoms with Crippen LogP contribution in [0.25, 0.3) is 0 Å². The zero-order valence-electron chi connectivity index (χ0n) is 31.5. The van der Waals surface area contributed by atoms with Crippen LogP contribution >= 0.6 is 11.3 Å². The lowest BCUT2D eigenvalue weighted by Crippen LogP contribution is -2.50. The summed E-state index contributed by atoms with van der Waals surface area (Å²) in [4.78, 5) is 62.6. The number of esters is 1. The third-order valence-electron chi connectivity index (χ3n) is 10.3. The predicted molar refractivity (Wildman–Crippen MR) is 199 cm³/mol. The van der Waals surface area contributed by atoms with Crippen LogP contribution in [0.4, 0.5) is 0 Å². The number of carbonyl (C=O) groups excluding carboxylic acids is 4. The molecular weight excluding hydrogens is 649 g/mol. The van der Waals surface area contributed by atoms with E-state index in [9.17, 15) is 19.2 Å². The van der Waals surface area contributed by atoms with Crippen LogP contribution in [0.1, 0.15) is 127 Å². The molecule has 1 aromatic heterocycles. The van der Waals surface area contributed by atoms with Gasteiger partial charge in [-0.2, -0.15) is 0 Å². The third-order valence-corrected chi connectivity index (χ3v) is 11.3. The van der Waals surface area contributed by atoms with E-state index >= 15 is 0 Å². The number of piperidine rings is 1. The number of carbonyl (C=O) groups is 4. The Labute approximate surface area is 303 Å². The number of thiazole rings is 1. The third kappa shape index (κ3) is 11.2. The molecule has 9 nitrogen and oxygen atoms in total. The quantitative estimate of drug-likeness (QED) is 0.163. The minimum absolute atomic E-state index is 0.0122. The Kier molecular flexibility index (Phi) is 14.6. The van der Waals surface area contributed by atoms with Crippen molar-refractivity contribution in [2.24, 2.45) is 23.7 Å².